The minimum atomic E-state index is -0.473. The number of rotatable bonds is 7. The average molecular weight is 346 g/mol. The molecule has 122 valence electrons. The highest BCUT2D eigenvalue weighted by Gasteiger charge is 2.20. The molecule has 0 unspecified atom stereocenters. The first-order chi connectivity index (χ1) is 10.3. The molecule has 0 aromatic heterocycles. The Labute approximate surface area is 141 Å². The maximum absolute atomic E-state index is 12.2. The van der Waals surface area contributed by atoms with Gasteiger partial charge in [-0.25, -0.2) is 0 Å². The maximum Gasteiger partial charge on any atom is 0.241 e. The molecule has 0 saturated heterocycles. The Hall–Kier alpha value is -1.30. The third kappa shape index (κ3) is 5.83. The van der Waals surface area contributed by atoms with Gasteiger partial charge in [-0.3, -0.25) is 14.5 Å². The van der Waals surface area contributed by atoms with Gasteiger partial charge in [-0.15, -0.1) is 0 Å². The van der Waals surface area contributed by atoms with Gasteiger partial charge in [0.05, 0.1) is 23.3 Å². The van der Waals surface area contributed by atoms with Crippen molar-refractivity contribution in [2.75, 3.05) is 25.5 Å². The smallest absolute Gasteiger partial charge is 0.241 e. The molecule has 7 heteroatoms. The molecule has 2 amide bonds. The lowest BCUT2D eigenvalue weighted by molar-refractivity contribution is -0.124. The van der Waals surface area contributed by atoms with E-state index in [1.54, 1.807) is 37.1 Å². The number of carbonyl (C=O) groups excluding carboxylic acids is 2. The summed E-state index contributed by atoms with van der Waals surface area (Å²) < 4.78 is 0. The SMILES string of the molecule is CCCNC(=O)CN(C)[C@H](C)C(=O)Nc1ccc(Cl)cc1Cl. The summed E-state index contributed by atoms with van der Waals surface area (Å²) in [7, 11) is 1.72. The predicted octanol–water partition coefficient (Wildman–Crippen LogP) is 2.78. The quantitative estimate of drug-likeness (QED) is 0.798. The van der Waals surface area contributed by atoms with Gasteiger partial charge in [0, 0.05) is 11.6 Å². The van der Waals surface area contributed by atoms with Crippen LogP contribution in [0.2, 0.25) is 10.0 Å². The zero-order valence-corrected chi connectivity index (χ0v) is 14.5. The Kier molecular flexibility index (Phi) is 7.65. The lowest BCUT2D eigenvalue weighted by Crippen LogP contribution is -2.44. The van der Waals surface area contributed by atoms with Gasteiger partial charge in [0.15, 0.2) is 0 Å². The van der Waals surface area contributed by atoms with Crippen LogP contribution in [-0.4, -0.2) is 42.9 Å². The summed E-state index contributed by atoms with van der Waals surface area (Å²) in [5, 5.41) is 6.38. The summed E-state index contributed by atoms with van der Waals surface area (Å²) in [4.78, 5) is 25.6. The standard InChI is InChI=1S/C15H21Cl2N3O2/c1-4-7-18-14(21)9-20(3)10(2)15(22)19-13-6-5-11(16)8-12(13)17/h5-6,8,10H,4,7,9H2,1-3H3,(H,18,21)(H,19,22)/t10-/m1/s1. The molecule has 0 fully saturated rings. The van der Waals surface area contributed by atoms with Crippen molar-refractivity contribution >= 4 is 40.7 Å². The van der Waals surface area contributed by atoms with Crippen molar-refractivity contribution in [1.29, 1.82) is 0 Å². The highest BCUT2D eigenvalue weighted by Crippen LogP contribution is 2.25. The fraction of sp³-hybridized carbons (Fsp3) is 0.467. The molecule has 1 atom stereocenters. The van der Waals surface area contributed by atoms with E-state index >= 15 is 0 Å². The summed E-state index contributed by atoms with van der Waals surface area (Å²) in [6.07, 6.45) is 0.876. The summed E-state index contributed by atoms with van der Waals surface area (Å²) >= 11 is 11.8. The van der Waals surface area contributed by atoms with Crippen molar-refractivity contribution in [3.05, 3.63) is 28.2 Å². The molecule has 5 nitrogen and oxygen atoms in total. The number of anilines is 1. The van der Waals surface area contributed by atoms with E-state index in [0.29, 0.717) is 22.3 Å². The fourth-order valence-corrected chi connectivity index (χ4v) is 2.17. The van der Waals surface area contributed by atoms with E-state index in [1.807, 2.05) is 6.92 Å². The van der Waals surface area contributed by atoms with Gasteiger partial charge in [-0.1, -0.05) is 30.1 Å². The molecule has 1 aromatic carbocycles. The van der Waals surface area contributed by atoms with Crippen molar-refractivity contribution in [3.63, 3.8) is 0 Å². The first-order valence-corrected chi connectivity index (χ1v) is 7.83. The largest absolute Gasteiger partial charge is 0.355 e. The molecule has 0 saturated carbocycles. The number of hydrogen-bond acceptors (Lipinski definition) is 3. The molecule has 2 N–H and O–H groups in total. The van der Waals surface area contributed by atoms with Crippen LogP contribution in [0.4, 0.5) is 5.69 Å². The summed E-state index contributed by atoms with van der Waals surface area (Å²) in [6.45, 7) is 4.50. The molecule has 0 heterocycles. The molecular weight excluding hydrogens is 325 g/mol. The Morgan fingerprint density at radius 3 is 2.59 bits per heavy atom. The minimum absolute atomic E-state index is 0.103. The molecule has 1 rings (SSSR count). The van der Waals surface area contributed by atoms with Gasteiger partial charge in [-0.2, -0.15) is 0 Å². The fourth-order valence-electron chi connectivity index (χ4n) is 1.71. The van der Waals surface area contributed by atoms with E-state index < -0.39 is 6.04 Å². The number of nitrogens with zero attached hydrogens (tertiary/aromatic N) is 1. The molecule has 0 aliphatic heterocycles. The van der Waals surface area contributed by atoms with Crippen LogP contribution in [0, 0.1) is 0 Å². The lowest BCUT2D eigenvalue weighted by atomic mass is 10.2. The zero-order valence-electron chi connectivity index (χ0n) is 13.0. The van der Waals surface area contributed by atoms with E-state index in [1.165, 1.54) is 0 Å². The molecule has 0 aliphatic carbocycles. The number of nitrogens with one attached hydrogen (secondary N) is 2. The van der Waals surface area contributed by atoms with Gasteiger partial charge in [0.2, 0.25) is 11.8 Å². The molecule has 0 aliphatic rings. The number of likely N-dealkylation sites (N-methyl/N-ethyl adjacent to an activating group) is 1. The van der Waals surface area contributed by atoms with Crippen LogP contribution in [0.1, 0.15) is 20.3 Å². The summed E-state index contributed by atoms with van der Waals surface area (Å²) in [5.41, 5.74) is 0.492. The van der Waals surface area contributed by atoms with E-state index in [0.717, 1.165) is 6.42 Å². The van der Waals surface area contributed by atoms with Crippen LogP contribution in [0.25, 0.3) is 0 Å². The van der Waals surface area contributed by atoms with Gasteiger partial charge in [-0.05, 0) is 38.6 Å². The number of amides is 2. The molecule has 0 radical (unpaired) electrons. The van der Waals surface area contributed by atoms with Gasteiger partial charge in [0.25, 0.3) is 0 Å². The van der Waals surface area contributed by atoms with Crippen LogP contribution in [0.3, 0.4) is 0 Å². The first-order valence-electron chi connectivity index (χ1n) is 7.08. The Bertz CT molecular complexity index is 538. The van der Waals surface area contributed by atoms with E-state index in [-0.39, 0.29) is 18.4 Å². The van der Waals surface area contributed by atoms with Gasteiger partial charge >= 0.3 is 0 Å². The Balaban J connectivity index is 2.58. The van der Waals surface area contributed by atoms with Crippen molar-refractivity contribution in [2.24, 2.45) is 0 Å². The van der Waals surface area contributed by atoms with Crippen molar-refractivity contribution < 1.29 is 9.59 Å². The third-order valence-corrected chi connectivity index (χ3v) is 3.74. The molecule has 22 heavy (non-hydrogen) atoms. The number of hydrogen-bond donors (Lipinski definition) is 2. The van der Waals surface area contributed by atoms with Crippen molar-refractivity contribution in [1.82, 2.24) is 10.2 Å². The second-order valence-corrected chi connectivity index (χ2v) is 5.90. The Morgan fingerprint density at radius 2 is 2.00 bits per heavy atom. The van der Waals surface area contributed by atoms with Crippen LogP contribution >= 0.6 is 23.2 Å². The maximum atomic E-state index is 12.2. The minimum Gasteiger partial charge on any atom is -0.355 e. The van der Waals surface area contributed by atoms with E-state index in [9.17, 15) is 9.59 Å². The van der Waals surface area contributed by atoms with Gasteiger partial charge in [0.1, 0.15) is 0 Å². The summed E-state index contributed by atoms with van der Waals surface area (Å²) in [6, 6.07) is 4.38. The first kappa shape index (κ1) is 18.7. The number of benzene rings is 1. The number of carbonyl (C=O) groups is 2. The van der Waals surface area contributed by atoms with Crippen LogP contribution < -0.4 is 10.6 Å². The van der Waals surface area contributed by atoms with Gasteiger partial charge < -0.3 is 10.6 Å². The van der Waals surface area contributed by atoms with Crippen molar-refractivity contribution in [3.8, 4) is 0 Å². The molecule has 0 bridgehead atoms. The second-order valence-electron chi connectivity index (χ2n) is 5.05. The molecule has 0 spiro atoms. The average Bonchev–Trinajstić information content (AvgIpc) is 2.46. The van der Waals surface area contributed by atoms with Crippen LogP contribution in [0.15, 0.2) is 18.2 Å². The second kappa shape index (κ2) is 8.98. The number of halogens is 2. The zero-order chi connectivity index (χ0) is 16.7. The third-order valence-electron chi connectivity index (χ3n) is 3.19. The molecule has 1 aromatic rings. The summed E-state index contributed by atoms with van der Waals surface area (Å²) in [5.74, 6) is -0.344. The van der Waals surface area contributed by atoms with Crippen LogP contribution in [0.5, 0.6) is 0 Å². The lowest BCUT2D eigenvalue weighted by Gasteiger charge is -2.23. The highest BCUT2D eigenvalue weighted by atomic mass is 35.5. The van der Waals surface area contributed by atoms with Crippen molar-refractivity contribution in [2.45, 2.75) is 26.3 Å². The Morgan fingerprint density at radius 1 is 1.32 bits per heavy atom. The van der Waals surface area contributed by atoms with Crippen LogP contribution in [-0.2, 0) is 9.59 Å². The topological polar surface area (TPSA) is 61.4 Å². The monoisotopic (exact) mass is 345 g/mol. The predicted molar refractivity (Wildman–Crippen MR) is 90.5 cm³/mol. The normalized spacial score (nSPS) is 12.1. The van der Waals surface area contributed by atoms with E-state index in [4.69, 9.17) is 23.2 Å². The molecular formula is C15H21Cl2N3O2. The highest BCUT2D eigenvalue weighted by molar-refractivity contribution is 6.36. The van der Waals surface area contributed by atoms with E-state index in [2.05, 4.69) is 10.6 Å².